The van der Waals surface area contributed by atoms with E-state index >= 15 is 0 Å². The maximum Gasteiger partial charge on any atom is 0.307 e. The van der Waals surface area contributed by atoms with Crippen molar-refractivity contribution in [3.8, 4) is 0 Å². The standard InChI is InChI=1S/C32H39N3O4/c1-32(2,3)27-15-16-28(36)35(34-27)19-20-11-13-22(14-12-20)29(21-7-4-5-8-21)30(37)33-26-10-6-9-23-17-24(31(38)39)18-25(23)26/h6,9-14,21,24,29H,4-5,7-8,15-19H2,1-3H3,(H,33,37)(H,38,39). The minimum absolute atomic E-state index is 0.0348. The zero-order valence-electron chi connectivity index (χ0n) is 23.2. The van der Waals surface area contributed by atoms with E-state index in [2.05, 4.69) is 31.2 Å². The fourth-order valence-electron chi connectivity index (χ4n) is 6.34. The molecule has 2 aromatic rings. The number of aliphatic carboxylic acids is 1. The van der Waals surface area contributed by atoms with Gasteiger partial charge in [-0.2, -0.15) is 5.10 Å². The summed E-state index contributed by atoms with van der Waals surface area (Å²) in [6.45, 7) is 6.78. The van der Waals surface area contributed by atoms with Gasteiger partial charge in [0.1, 0.15) is 0 Å². The number of anilines is 1. The zero-order chi connectivity index (χ0) is 27.7. The molecule has 206 valence electrons. The van der Waals surface area contributed by atoms with Crippen LogP contribution in [0.2, 0.25) is 0 Å². The number of carbonyl (C=O) groups excluding carboxylic acids is 2. The number of hydrazone groups is 1. The highest BCUT2D eigenvalue weighted by Crippen LogP contribution is 2.39. The molecule has 2 aromatic carbocycles. The SMILES string of the molecule is CC(C)(C)C1=NN(Cc2ccc(C(C(=O)Nc3cccc4c3CC(C(=O)O)C4)C3CCCC3)cc2)C(=O)CC1. The number of hydrogen-bond acceptors (Lipinski definition) is 4. The largest absolute Gasteiger partial charge is 0.481 e. The molecule has 1 fully saturated rings. The average molecular weight is 530 g/mol. The minimum atomic E-state index is -0.793. The lowest BCUT2D eigenvalue weighted by atomic mass is 9.83. The third-order valence-electron chi connectivity index (χ3n) is 8.59. The summed E-state index contributed by atoms with van der Waals surface area (Å²) < 4.78 is 0. The quantitative estimate of drug-likeness (QED) is 0.465. The summed E-state index contributed by atoms with van der Waals surface area (Å²) in [6, 6.07) is 13.8. The van der Waals surface area contributed by atoms with Crippen LogP contribution in [0.25, 0.3) is 0 Å². The van der Waals surface area contributed by atoms with Crippen molar-refractivity contribution in [1.82, 2.24) is 5.01 Å². The summed E-state index contributed by atoms with van der Waals surface area (Å²) >= 11 is 0. The number of carbonyl (C=O) groups is 3. The lowest BCUT2D eigenvalue weighted by molar-refractivity contribution is -0.141. The van der Waals surface area contributed by atoms with Gasteiger partial charge in [0.05, 0.1) is 18.4 Å². The lowest BCUT2D eigenvalue weighted by Gasteiger charge is -2.30. The molecule has 5 rings (SSSR count). The van der Waals surface area contributed by atoms with Gasteiger partial charge in [0.15, 0.2) is 0 Å². The number of nitrogens with zero attached hydrogens (tertiary/aromatic N) is 2. The molecule has 0 bridgehead atoms. The number of amides is 2. The van der Waals surface area contributed by atoms with Crippen LogP contribution in [0.4, 0.5) is 5.69 Å². The van der Waals surface area contributed by atoms with Crippen LogP contribution in [0, 0.1) is 17.3 Å². The summed E-state index contributed by atoms with van der Waals surface area (Å²) in [6.07, 6.45) is 6.41. The van der Waals surface area contributed by atoms with E-state index in [9.17, 15) is 19.5 Å². The van der Waals surface area contributed by atoms with E-state index in [0.717, 1.165) is 59.3 Å². The van der Waals surface area contributed by atoms with E-state index in [1.165, 1.54) is 0 Å². The third-order valence-corrected chi connectivity index (χ3v) is 8.59. The van der Waals surface area contributed by atoms with E-state index in [1.807, 2.05) is 42.5 Å². The van der Waals surface area contributed by atoms with Crippen molar-refractivity contribution in [2.75, 3.05) is 5.32 Å². The average Bonchev–Trinajstić information content (AvgIpc) is 3.57. The summed E-state index contributed by atoms with van der Waals surface area (Å²) in [5.74, 6) is -1.24. The molecule has 2 atom stereocenters. The smallest absolute Gasteiger partial charge is 0.307 e. The molecule has 7 heteroatoms. The van der Waals surface area contributed by atoms with Crippen LogP contribution in [-0.4, -0.2) is 33.6 Å². The summed E-state index contributed by atoms with van der Waals surface area (Å²) in [5.41, 5.74) is 5.61. The number of carboxylic acids is 1. The van der Waals surface area contributed by atoms with Crippen LogP contribution in [0.15, 0.2) is 47.6 Å². The predicted octanol–water partition coefficient (Wildman–Crippen LogP) is 5.92. The number of benzene rings is 2. The van der Waals surface area contributed by atoms with Gasteiger partial charge in [-0.05, 0) is 66.3 Å². The van der Waals surface area contributed by atoms with Crippen molar-refractivity contribution < 1.29 is 19.5 Å². The number of fused-ring (bicyclic) bond motifs is 1. The highest BCUT2D eigenvalue weighted by atomic mass is 16.4. The first-order valence-corrected chi connectivity index (χ1v) is 14.2. The summed E-state index contributed by atoms with van der Waals surface area (Å²) in [7, 11) is 0. The van der Waals surface area contributed by atoms with E-state index in [0.29, 0.717) is 32.2 Å². The molecule has 1 heterocycles. The molecule has 39 heavy (non-hydrogen) atoms. The Morgan fingerprint density at radius 3 is 2.44 bits per heavy atom. The van der Waals surface area contributed by atoms with E-state index in [-0.39, 0.29) is 29.1 Å². The fourth-order valence-corrected chi connectivity index (χ4v) is 6.34. The first-order chi connectivity index (χ1) is 18.6. The van der Waals surface area contributed by atoms with E-state index < -0.39 is 11.9 Å². The molecule has 0 radical (unpaired) electrons. The van der Waals surface area contributed by atoms with Crippen molar-refractivity contribution in [3.63, 3.8) is 0 Å². The first-order valence-electron chi connectivity index (χ1n) is 14.2. The Morgan fingerprint density at radius 2 is 1.77 bits per heavy atom. The monoisotopic (exact) mass is 529 g/mol. The van der Waals surface area contributed by atoms with Gasteiger partial charge in [-0.25, -0.2) is 5.01 Å². The second-order valence-electron chi connectivity index (χ2n) is 12.4. The molecule has 2 unspecified atom stereocenters. The van der Waals surface area contributed by atoms with Crippen molar-refractivity contribution in [1.29, 1.82) is 0 Å². The molecule has 2 aliphatic carbocycles. The molecule has 0 saturated heterocycles. The molecule has 1 aliphatic heterocycles. The van der Waals surface area contributed by atoms with Gasteiger partial charge in [-0.1, -0.05) is 70.0 Å². The Labute approximate surface area is 230 Å². The van der Waals surface area contributed by atoms with E-state index in [1.54, 1.807) is 5.01 Å². The Bertz CT molecular complexity index is 1290. The Balaban J connectivity index is 1.35. The molecular formula is C32H39N3O4. The third kappa shape index (κ3) is 5.92. The van der Waals surface area contributed by atoms with Gasteiger partial charge in [0.25, 0.3) is 0 Å². The van der Waals surface area contributed by atoms with Crippen LogP contribution in [0.3, 0.4) is 0 Å². The highest BCUT2D eigenvalue weighted by molar-refractivity contribution is 5.97. The Hall–Kier alpha value is -3.48. The number of nitrogens with one attached hydrogen (secondary N) is 1. The van der Waals surface area contributed by atoms with Crippen molar-refractivity contribution in [3.05, 3.63) is 64.7 Å². The van der Waals surface area contributed by atoms with Gasteiger partial charge in [-0.15, -0.1) is 0 Å². The normalized spacial score (nSPS) is 20.5. The highest BCUT2D eigenvalue weighted by Gasteiger charge is 2.34. The molecule has 0 spiro atoms. The van der Waals surface area contributed by atoms with Gasteiger partial charge in [-0.3, -0.25) is 14.4 Å². The van der Waals surface area contributed by atoms with E-state index in [4.69, 9.17) is 0 Å². The molecular weight excluding hydrogens is 490 g/mol. The molecule has 1 saturated carbocycles. The van der Waals surface area contributed by atoms with Crippen LogP contribution in [0.5, 0.6) is 0 Å². The van der Waals surface area contributed by atoms with Gasteiger partial charge in [0, 0.05) is 23.2 Å². The maximum absolute atomic E-state index is 13.8. The predicted molar refractivity (Wildman–Crippen MR) is 151 cm³/mol. The van der Waals surface area contributed by atoms with Gasteiger partial charge < -0.3 is 10.4 Å². The number of hydrogen-bond donors (Lipinski definition) is 2. The Kier molecular flexibility index (Phi) is 7.61. The van der Waals surface area contributed by atoms with Crippen molar-refractivity contribution >= 4 is 29.2 Å². The summed E-state index contributed by atoms with van der Waals surface area (Å²) in [4.78, 5) is 37.9. The first kappa shape index (κ1) is 27.1. The molecule has 7 nitrogen and oxygen atoms in total. The van der Waals surface area contributed by atoms with Crippen LogP contribution in [-0.2, 0) is 33.8 Å². The number of carboxylic acid groups (broad SMARTS) is 1. The molecule has 0 aromatic heterocycles. The topological polar surface area (TPSA) is 99.1 Å². The van der Waals surface area contributed by atoms with Crippen molar-refractivity contribution in [2.45, 2.75) is 84.6 Å². The molecule has 3 aliphatic rings. The van der Waals surface area contributed by atoms with Crippen LogP contribution < -0.4 is 5.32 Å². The summed E-state index contributed by atoms with van der Waals surface area (Å²) in [5, 5.41) is 18.9. The zero-order valence-corrected chi connectivity index (χ0v) is 23.2. The van der Waals surface area contributed by atoms with Crippen LogP contribution in [0.1, 0.15) is 87.5 Å². The molecule has 2 amide bonds. The molecule has 2 N–H and O–H groups in total. The minimum Gasteiger partial charge on any atom is -0.481 e. The maximum atomic E-state index is 13.8. The Morgan fingerprint density at radius 1 is 1.05 bits per heavy atom. The van der Waals surface area contributed by atoms with Gasteiger partial charge >= 0.3 is 5.97 Å². The second kappa shape index (κ2) is 10.9. The second-order valence-corrected chi connectivity index (χ2v) is 12.4. The lowest BCUT2D eigenvalue weighted by Crippen LogP contribution is -2.35. The fraction of sp³-hybridized carbons (Fsp3) is 0.500. The van der Waals surface area contributed by atoms with Gasteiger partial charge in [0.2, 0.25) is 11.8 Å². The number of rotatable bonds is 7. The van der Waals surface area contributed by atoms with Crippen LogP contribution >= 0.6 is 0 Å². The van der Waals surface area contributed by atoms with Crippen molar-refractivity contribution in [2.24, 2.45) is 22.4 Å².